The topological polar surface area (TPSA) is 86.2 Å². The van der Waals surface area contributed by atoms with Gasteiger partial charge in [-0.25, -0.2) is 0 Å². The van der Waals surface area contributed by atoms with Crippen LogP contribution in [-0.2, 0) is 9.59 Å². The molecule has 1 unspecified atom stereocenters. The van der Waals surface area contributed by atoms with Gasteiger partial charge in [0.1, 0.15) is 0 Å². The molecular weight excluding hydrogens is 288 g/mol. The zero-order valence-corrected chi connectivity index (χ0v) is 14.6. The molecule has 0 aromatic carbocycles. The fourth-order valence-corrected chi connectivity index (χ4v) is 2.82. The Morgan fingerprint density at radius 1 is 1.17 bits per heavy atom. The summed E-state index contributed by atoms with van der Waals surface area (Å²) in [6.07, 6.45) is 9.35. The minimum absolute atomic E-state index is 0.151. The van der Waals surface area contributed by atoms with Crippen LogP contribution in [0.25, 0.3) is 0 Å². The van der Waals surface area contributed by atoms with Crippen molar-refractivity contribution >= 4 is 11.8 Å². The highest BCUT2D eigenvalue weighted by Gasteiger charge is 2.28. The van der Waals surface area contributed by atoms with E-state index in [0.29, 0.717) is 24.0 Å². The van der Waals surface area contributed by atoms with Crippen LogP contribution in [-0.4, -0.2) is 11.8 Å². The minimum Gasteiger partial charge on any atom is -0.366 e. The molecule has 126 valence electrons. The maximum Gasteiger partial charge on any atom is 0.245 e. The molecule has 1 aliphatic carbocycles. The molecule has 0 aromatic rings. The number of carbonyl (C=O) groups excluding carboxylic acids is 2. The van der Waals surface area contributed by atoms with E-state index in [1.165, 1.54) is 11.1 Å². The van der Waals surface area contributed by atoms with Gasteiger partial charge >= 0.3 is 0 Å². The second-order valence-corrected chi connectivity index (χ2v) is 6.43. The summed E-state index contributed by atoms with van der Waals surface area (Å²) >= 11 is 0. The van der Waals surface area contributed by atoms with Crippen LogP contribution in [0, 0.1) is 5.92 Å². The Balaban J connectivity index is 2.92. The van der Waals surface area contributed by atoms with Crippen LogP contribution >= 0.6 is 0 Å². The second kappa shape index (κ2) is 8.51. The number of amides is 2. The van der Waals surface area contributed by atoms with Gasteiger partial charge in [0.2, 0.25) is 11.8 Å². The van der Waals surface area contributed by atoms with Crippen LogP contribution in [0.15, 0.2) is 46.1 Å². The molecule has 4 N–H and O–H groups in total. The molecule has 0 radical (unpaired) electrons. The predicted molar refractivity (Wildman–Crippen MR) is 94.3 cm³/mol. The number of nitrogens with two attached hydrogens (primary N) is 2. The first-order valence-corrected chi connectivity index (χ1v) is 8.02. The Labute approximate surface area is 139 Å². The summed E-state index contributed by atoms with van der Waals surface area (Å²) in [5.41, 5.74) is 15.3. The highest BCUT2D eigenvalue weighted by Crippen LogP contribution is 2.33. The molecule has 0 aliphatic heterocycles. The lowest BCUT2D eigenvalue weighted by Gasteiger charge is -2.25. The molecule has 0 spiro atoms. The van der Waals surface area contributed by atoms with Gasteiger partial charge in [-0.05, 0) is 53.4 Å². The Bertz CT molecular complexity index is 603. The molecule has 0 bridgehead atoms. The monoisotopic (exact) mass is 316 g/mol. The van der Waals surface area contributed by atoms with Crippen LogP contribution in [0.1, 0.15) is 53.4 Å². The van der Waals surface area contributed by atoms with Crippen molar-refractivity contribution in [2.75, 3.05) is 0 Å². The van der Waals surface area contributed by atoms with E-state index in [1.807, 2.05) is 13.0 Å². The summed E-state index contributed by atoms with van der Waals surface area (Å²) < 4.78 is 0. The van der Waals surface area contributed by atoms with E-state index in [0.717, 1.165) is 18.4 Å². The van der Waals surface area contributed by atoms with Crippen molar-refractivity contribution in [2.45, 2.75) is 53.4 Å². The molecular formula is C19H28N2O2. The van der Waals surface area contributed by atoms with Crippen molar-refractivity contribution in [1.82, 2.24) is 0 Å². The molecule has 1 atom stereocenters. The van der Waals surface area contributed by atoms with Crippen molar-refractivity contribution in [3.63, 3.8) is 0 Å². The fraction of sp³-hybridized carbons (Fsp3) is 0.474. The predicted octanol–water partition coefficient (Wildman–Crippen LogP) is 3.30. The molecule has 1 aliphatic rings. The van der Waals surface area contributed by atoms with Crippen LogP contribution in [0.5, 0.6) is 0 Å². The van der Waals surface area contributed by atoms with Crippen molar-refractivity contribution < 1.29 is 9.59 Å². The molecule has 4 nitrogen and oxygen atoms in total. The second-order valence-electron chi connectivity index (χ2n) is 6.43. The lowest BCUT2D eigenvalue weighted by Crippen LogP contribution is -2.29. The van der Waals surface area contributed by atoms with Gasteiger partial charge < -0.3 is 11.5 Å². The maximum atomic E-state index is 11.8. The number of allylic oxidation sites excluding steroid dienone is 6. The zero-order valence-electron chi connectivity index (χ0n) is 14.6. The summed E-state index contributed by atoms with van der Waals surface area (Å²) in [6, 6.07) is 0. The fourth-order valence-electron chi connectivity index (χ4n) is 2.82. The molecule has 0 saturated heterocycles. The molecule has 0 aromatic heterocycles. The number of primary amides is 2. The van der Waals surface area contributed by atoms with Gasteiger partial charge in [0.25, 0.3) is 0 Å². The number of carbonyl (C=O) groups is 2. The van der Waals surface area contributed by atoms with Crippen LogP contribution in [0.4, 0.5) is 0 Å². The van der Waals surface area contributed by atoms with E-state index >= 15 is 0 Å². The Morgan fingerprint density at radius 3 is 2.35 bits per heavy atom. The van der Waals surface area contributed by atoms with E-state index in [1.54, 1.807) is 0 Å². The molecule has 23 heavy (non-hydrogen) atoms. The van der Waals surface area contributed by atoms with Gasteiger partial charge in [-0.1, -0.05) is 34.9 Å². The van der Waals surface area contributed by atoms with Crippen LogP contribution in [0.3, 0.4) is 0 Å². The smallest absolute Gasteiger partial charge is 0.245 e. The van der Waals surface area contributed by atoms with Crippen molar-refractivity contribution in [3.05, 3.63) is 46.1 Å². The van der Waals surface area contributed by atoms with Gasteiger partial charge in [-0.15, -0.1) is 0 Å². The van der Waals surface area contributed by atoms with Crippen LogP contribution in [0.2, 0.25) is 0 Å². The summed E-state index contributed by atoms with van der Waals surface area (Å²) in [5.74, 6) is -1.26. The van der Waals surface area contributed by atoms with E-state index in [9.17, 15) is 9.59 Å². The average Bonchev–Trinajstić information content (AvgIpc) is 2.44. The summed E-state index contributed by atoms with van der Waals surface area (Å²) in [6.45, 7) is 8.23. The first kappa shape index (κ1) is 18.9. The highest BCUT2D eigenvalue weighted by atomic mass is 16.2. The maximum absolute atomic E-state index is 11.8. The van der Waals surface area contributed by atoms with E-state index < -0.39 is 11.8 Å². The quantitative estimate of drug-likeness (QED) is 0.706. The minimum atomic E-state index is -0.559. The largest absolute Gasteiger partial charge is 0.366 e. The van der Waals surface area contributed by atoms with E-state index in [4.69, 9.17) is 11.5 Å². The van der Waals surface area contributed by atoms with Gasteiger partial charge in [0.15, 0.2) is 0 Å². The third-order valence-electron chi connectivity index (χ3n) is 4.21. The molecule has 4 heteroatoms. The Kier molecular flexibility index (Phi) is 7.01. The number of rotatable bonds is 7. The van der Waals surface area contributed by atoms with Gasteiger partial charge in [0.05, 0.1) is 0 Å². The van der Waals surface area contributed by atoms with Gasteiger partial charge in [-0.2, -0.15) is 0 Å². The van der Waals surface area contributed by atoms with Gasteiger partial charge in [0, 0.05) is 17.1 Å². The number of hydrogen-bond acceptors (Lipinski definition) is 2. The summed E-state index contributed by atoms with van der Waals surface area (Å²) in [4.78, 5) is 23.4. The van der Waals surface area contributed by atoms with E-state index in [-0.39, 0.29) is 5.92 Å². The first-order valence-electron chi connectivity index (χ1n) is 8.02. The van der Waals surface area contributed by atoms with Crippen molar-refractivity contribution in [3.8, 4) is 0 Å². The van der Waals surface area contributed by atoms with Gasteiger partial charge in [-0.3, -0.25) is 9.59 Å². The Hall–Kier alpha value is -2.10. The summed E-state index contributed by atoms with van der Waals surface area (Å²) in [5, 5.41) is 0. The van der Waals surface area contributed by atoms with Crippen LogP contribution < -0.4 is 11.5 Å². The normalized spacial score (nSPS) is 18.5. The third kappa shape index (κ3) is 5.55. The third-order valence-corrected chi connectivity index (χ3v) is 4.21. The van der Waals surface area contributed by atoms with Crippen molar-refractivity contribution in [2.24, 2.45) is 17.4 Å². The number of hydrogen-bond donors (Lipinski definition) is 2. The zero-order chi connectivity index (χ0) is 17.6. The summed E-state index contributed by atoms with van der Waals surface area (Å²) in [7, 11) is 0. The molecule has 0 fully saturated rings. The SMILES string of the molecule is CC(C)=CCCC(C)=CCC1C(C)=CCC(C(N)=O)=C1C(N)=O. The Morgan fingerprint density at radius 2 is 1.83 bits per heavy atom. The first-order chi connectivity index (χ1) is 10.7. The van der Waals surface area contributed by atoms with E-state index in [2.05, 4.69) is 32.9 Å². The molecule has 1 rings (SSSR count). The standard InChI is InChI=1S/C19H28N2O2/c1-12(2)6-5-7-13(3)8-10-15-14(4)9-11-16(18(20)22)17(15)19(21)23/h6,8-9,15H,5,7,10-11H2,1-4H3,(H2,20,22)(H2,21,23). The molecule has 0 saturated carbocycles. The van der Waals surface area contributed by atoms with Crippen molar-refractivity contribution in [1.29, 1.82) is 0 Å². The molecule has 2 amide bonds. The molecule has 0 heterocycles. The average molecular weight is 316 g/mol. The lowest BCUT2D eigenvalue weighted by atomic mass is 9.79. The lowest BCUT2D eigenvalue weighted by molar-refractivity contribution is -0.117. The highest BCUT2D eigenvalue weighted by molar-refractivity contribution is 6.04.